The second-order valence-corrected chi connectivity index (χ2v) is 7.31. The molecule has 0 bridgehead atoms. The number of rotatable bonds is 6. The van der Waals surface area contributed by atoms with Crippen LogP contribution in [0.2, 0.25) is 0 Å². The van der Waals surface area contributed by atoms with Gasteiger partial charge in [0.15, 0.2) is 0 Å². The van der Waals surface area contributed by atoms with E-state index in [0.717, 1.165) is 40.1 Å². The first kappa shape index (κ1) is 19.6. The van der Waals surface area contributed by atoms with Crippen molar-refractivity contribution < 1.29 is 9.53 Å². The van der Waals surface area contributed by atoms with Gasteiger partial charge < -0.3 is 10.1 Å². The first-order valence-electron chi connectivity index (χ1n) is 10.0. The highest BCUT2D eigenvalue weighted by atomic mass is 16.5. The quantitative estimate of drug-likeness (QED) is 0.490. The molecule has 4 rings (SSSR count). The zero-order chi connectivity index (χ0) is 21.1. The molecule has 0 aliphatic rings. The van der Waals surface area contributed by atoms with Crippen molar-refractivity contribution in [2.45, 2.75) is 27.2 Å². The molecule has 0 fully saturated rings. The van der Waals surface area contributed by atoms with Crippen LogP contribution in [0.25, 0.3) is 16.7 Å². The Hall–Kier alpha value is -3.67. The van der Waals surface area contributed by atoms with Crippen molar-refractivity contribution in [3.05, 3.63) is 77.4 Å². The number of anilines is 1. The van der Waals surface area contributed by atoms with Crippen LogP contribution >= 0.6 is 0 Å². The Morgan fingerprint density at radius 3 is 2.30 bits per heavy atom. The molecule has 0 saturated carbocycles. The third-order valence-electron chi connectivity index (χ3n) is 4.83. The highest BCUT2D eigenvalue weighted by Crippen LogP contribution is 2.23. The van der Waals surface area contributed by atoms with Gasteiger partial charge in [0.2, 0.25) is 0 Å². The van der Waals surface area contributed by atoms with Crippen LogP contribution in [0.3, 0.4) is 0 Å². The predicted octanol–water partition coefficient (Wildman–Crippen LogP) is 5.08. The molecule has 6 heteroatoms. The van der Waals surface area contributed by atoms with Crippen LogP contribution in [0.5, 0.6) is 5.75 Å². The van der Waals surface area contributed by atoms with Crippen molar-refractivity contribution >= 4 is 22.6 Å². The monoisotopic (exact) mass is 400 g/mol. The van der Waals surface area contributed by atoms with E-state index in [4.69, 9.17) is 4.74 Å². The summed E-state index contributed by atoms with van der Waals surface area (Å²) >= 11 is 0. The molecule has 0 spiro atoms. The normalized spacial score (nSPS) is 10.9. The number of amides is 1. The van der Waals surface area contributed by atoms with Crippen molar-refractivity contribution in [2.24, 2.45) is 0 Å². The summed E-state index contributed by atoms with van der Waals surface area (Å²) in [7, 11) is 0. The smallest absolute Gasteiger partial charge is 0.255 e. The molecule has 152 valence electrons. The van der Waals surface area contributed by atoms with Crippen LogP contribution in [-0.4, -0.2) is 27.5 Å². The molecule has 0 saturated heterocycles. The minimum Gasteiger partial charge on any atom is -0.494 e. The molecule has 0 unspecified atom stereocenters. The molecule has 1 heterocycles. The fourth-order valence-corrected chi connectivity index (χ4v) is 3.11. The molecule has 0 atom stereocenters. The van der Waals surface area contributed by atoms with Crippen LogP contribution in [-0.2, 0) is 0 Å². The van der Waals surface area contributed by atoms with Crippen molar-refractivity contribution in [1.82, 2.24) is 15.0 Å². The number of aryl methyl sites for hydroxylation is 2. The average molecular weight is 400 g/mol. The first-order chi connectivity index (χ1) is 14.5. The van der Waals surface area contributed by atoms with Gasteiger partial charge in [0.05, 0.1) is 12.3 Å². The average Bonchev–Trinajstić information content (AvgIpc) is 3.16. The minimum absolute atomic E-state index is 0.176. The number of benzene rings is 3. The van der Waals surface area contributed by atoms with Crippen LogP contribution in [0.4, 0.5) is 5.69 Å². The Bertz CT molecular complexity index is 1180. The summed E-state index contributed by atoms with van der Waals surface area (Å²) in [5, 5.41) is 12.1. The molecule has 1 aromatic heterocycles. The molecular formula is C24H24N4O2. The van der Waals surface area contributed by atoms with Gasteiger partial charge in [0.25, 0.3) is 5.91 Å². The van der Waals surface area contributed by atoms with E-state index < -0.39 is 0 Å². The molecule has 6 nitrogen and oxygen atoms in total. The summed E-state index contributed by atoms with van der Waals surface area (Å²) < 4.78 is 5.57. The van der Waals surface area contributed by atoms with Gasteiger partial charge in [-0.1, -0.05) is 24.6 Å². The van der Waals surface area contributed by atoms with Gasteiger partial charge in [-0.15, -0.1) is 10.2 Å². The number of carbonyl (C=O) groups is 1. The number of nitrogens with one attached hydrogen (secondary N) is 1. The fraction of sp³-hybridized carbons (Fsp3) is 0.208. The lowest BCUT2D eigenvalue weighted by Crippen LogP contribution is -2.12. The van der Waals surface area contributed by atoms with Gasteiger partial charge in [-0.3, -0.25) is 4.79 Å². The Kier molecular flexibility index (Phi) is 5.48. The number of carbonyl (C=O) groups excluding carboxylic acids is 1. The first-order valence-corrected chi connectivity index (χ1v) is 10.0. The summed E-state index contributed by atoms with van der Waals surface area (Å²) in [6, 6.07) is 19.0. The molecule has 0 aliphatic carbocycles. The highest BCUT2D eigenvalue weighted by molar-refractivity contribution is 6.05. The SMILES string of the molecule is CCCOc1ccc(C(=O)Nc2cc3nn(-c4ccc(C)cc4)nc3cc2C)cc1. The largest absolute Gasteiger partial charge is 0.494 e. The summed E-state index contributed by atoms with van der Waals surface area (Å²) in [4.78, 5) is 14.3. The molecule has 1 N–H and O–H groups in total. The third-order valence-corrected chi connectivity index (χ3v) is 4.83. The van der Waals surface area contributed by atoms with E-state index >= 15 is 0 Å². The van der Waals surface area contributed by atoms with Crippen LogP contribution < -0.4 is 10.1 Å². The van der Waals surface area contributed by atoms with Crippen molar-refractivity contribution in [2.75, 3.05) is 11.9 Å². The number of nitrogens with zero attached hydrogens (tertiary/aromatic N) is 3. The van der Waals surface area contributed by atoms with E-state index in [1.165, 1.54) is 5.56 Å². The summed E-state index contributed by atoms with van der Waals surface area (Å²) in [6.07, 6.45) is 0.943. The summed E-state index contributed by atoms with van der Waals surface area (Å²) in [6.45, 7) is 6.71. The predicted molar refractivity (Wildman–Crippen MR) is 119 cm³/mol. The second kappa shape index (κ2) is 8.37. The molecule has 30 heavy (non-hydrogen) atoms. The zero-order valence-corrected chi connectivity index (χ0v) is 17.3. The number of aromatic nitrogens is 3. The van der Waals surface area contributed by atoms with Gasteiger partial charge in [-0.05, 0) is 74.4 Å². The maximum Gasteiger partial charge on any atom is 0.255 e. The minimum atomic E-state index is -0.176. The lowest BCUT2D eigenvalue weighted by molar-refractivity contribution is 0.102. The van der Waals surface area contributed by atoms with Gasteiger partial charge in [0, 0.05) is 11.3 Å². The zero-order valence-electron chi connectivity index (χ0n) is 17.3. The maximum absolute atomic E-state index is 12.7. The van der Waals surface area contributed by atoms with Gasteiger partial charge >= 0.3 is 0 Å². The summed E-state index contributed by atoms with van der Waals surface area (Å²) in [5.41, 5.74) is 5.79. The van der Waals surface area contributed by atoms with Gasteiger partial charge in [-0.2, -0.15) is 4.80 Å². The topological polar surface area (TPSA) is 69.0 Å². The number of hydrogen-bond acceptors (Lipinski definition) is 4. The van der Waals surface area contributed by atoms with E-state index in [1.54, 1.807) is 16.9 Å². The molecular weight excluding hydrogens is 376 g/mol. The third kappa shape index (κ3) is 4.17. The lowest BCUT2D eigenvalue weighted by Gasteiger charge is -2.09. The molecule has 1 amide bonds. The van der Waals surface area contributed by atoms with E-state index in [0.29, 0.717) is 12.2 Å². The number of fused-ring (bicyclic) bond motifs is 1. The van der Waals surface area contributed by atoms with Crippen molar-refractivity contribution in [3.8, 4) is 11.4 Å². The van der Waals surface area contributed by atoms with E-state index in [2.05, 4.69) is 22.4 Å². The molecule has 3 aromatic carbocycles. The maximum atomic E-state index is 12.7. The van der Waals surface area contributed by atoms with E-state index in [1.807, 2.05) is 62.4 Å². The molecule has 0 radical (unpaired) electrons. The fourth-order valence-electron chi connectivity index (χ4n) is 3.11. The Morgan fingerprint density at radius 1 is 0.967 bits per heavy atom. The second-order valence-electron chi connectivity index (χ2n) is 7.31. The molecule has 4 aromatic rings. The van der Waals surface area contributed by atoms with Crippen LogP contribution in [0, 0.1) is 13.8 Å². The van der Waals surface area contributed by atoms with Crippen LogP contribution in [0.1, 0.15) is 34.8 Å². The highest BCUT2D eigenvalue weighted by Gasteiger charge is 2.12. The Labute approximate surface area is 175 Å². The van der Waals surface area contributed by atoms with Crippen molar-refractivity contribution in [3.63, 3.8) is 0 Å². The van der Waals surface area contributed by atoms with Crippen molar-refractivity contribution in [1.29, 1.82) is 0 Å². The van der Waals surface area contributed by atoms with E-state index in [-0.39, 0.29) is 5.91 Å². The lowest BCUT2D eigenvalue weighted by atomic mass is 10.1. The van der Waals surface area contributed by atoms with Crippen LogP contribution in [0.15, 0.2) is 60.7 Å². The van der Waals surface area contributed by atoms with Gasteiger partial charge in [0.1, 0.15) is 16.8 Å². The summed E-state index contributed by atoms with van der Waals surface area (Å²) in [5.74, 6) is 0.587. The standard InChI is InChI=1S/C24H24N4O2/c1-4-13-30-20-11-7-18(8-12-20)24(29)25-21-15-23-22(14-17(21)3)26-28(27-23)19-9-5-16(2)6-10-19/h5-12,14-15H,4,13H2,1-3H3,(H,25,29). The van der Waals surface area contributed by atoms with E-state index in [9.17, 15) is 4.79 Å². The number of hydrogen-bond donors (Lipinski definition) is 1. The van der Waals surface area contributed by atoms with Gasteiger partial charge in [-0.25, -0.2) is 0 Å². The Morgan fingerprint density at radius 2 is 1.63 bits per heavy atom. The Balaban J connectivity index is 1.55. The number of ether oxygens (including phenoxy) is 1. The molecule has 0 aliphatic heterocycles.